The van der Waals surface area contributed by atoms with Crippen LogP contribution in [0.3, 0.4) is 0 Å². The van der Waals surface area contributed by atoms with E-state index in [1.807, 2.05) is 18.2 Å². The van der Waals surface area contributed by atoms with Gasteiger partial charge in [-0.1, -0.05) is 42.5 Å². The van der Waals surface area contributed by atoms with Gasteiger partial charge in [-0.15, -0.1) is 0 Å². The molecule has 2 heteroatoms. The minimum Gasteiger partial charge on any atom is -0.233 e. The van der Waals surface area contributed by atoms with E-state index >= 15 is 0 Å². The average Bonchev–Trinajstić information content (AvgIpc) is 2.84. The highest BCUT2D eigenvalue weighted by molar-refractivity contribution is 5.56. The largest absolute Gasteiger partial charge is 0.233 e. The molecule has 96 valence electrons. The molecule has 0 radical (unpaired) electrons. The molecule has 0 unspecified atom stereocenters. The number of rotatable bonds is 2. The van der Waals surface area contributed by atoms with Gasteiger partial charge in [0.05, 0.1) is 0 Å². The Bertz CT molecular complexity index is 629. The second-order valence-corrected chi connectivity index (χ2v) is 5.38. The first kappa shape index (κ1) is 12.1. The second-order valence-electron chi connectivity index (χ2n) is 5.38. The van der Waals surface area contributed by atoms with Crippen LogP contribution < -0.4 is 0 Å². The Morgan fingerprint density at radius 3 is 2.58 bits per heavy atom. The Morgan fingerprint density at radius 1 is 1.16 bits per heavy atom. The molecule has 0 spiro atoms. The van der Waals surface area contributed by atoms with Gasteiger partial charge in [-0.3, -0.25) is 0 Å². The predicted octanol–water partition coefficient (Wildman–Crippen LogP) is 3.74. The number of allylic oxidation sites excluding steroid dienone is 1. The first-order chi connectivity index (χ1) is 9.15. The summed E-state index contributed by atoms with van der Waals surface area (Å²) in [4.78, 5) is 9.43. The lowest BCUT2D eigenvalue weighted by atomic mass is 9.99. The Morgan fingerprint density at radius 2 is 1.89 bits per heavy atom. The summed E-state index contributed by atoms with van der Waals surface area (Å²) in [5.74, 6) is 1.38. The third-order valence-electron chi connectivity index (χ3n) is 3.92. The highest BCUT2D eigenvalue weighted by Gasteiger charge is 2.26. The van der Waals surface area contributed by atoms with Crippen LogP contribution in [0.1, 0.15) is 23.9 Å². The van der Waals surface area contributed by atoms with Gasteiger partial charge in [-0.25, -0.2) is 9.97 Å². The zero-order chi connectivity index (χ0) is 13.4. The molecular formula is C17H18N2. The van der Waals surface area contributed by atoms with Crippen molar-refractivity contribution in [3.8, 4) is 11.4 Å². The van der Waals surface area contributed by atoms with Crippen LogP contribution in [0.5, 0.6) is 0 Å². The summed E-state index contributed by atoms with van der Waals surface area (Å²) in [5, 5.41) is 0. The standard InChI is InChI=1S/C17H18N2/c1-11(2)14-9-15-12(3)18-17(19-16(15)10-14)13-7-5-4-6-8-13/h4-8,14H,1,9-10H2,2-3H3/t14-/m1/s1. The molecule has 19 heavy (non-hydrogen) atoms. The van der Waals surface area contributed by atoms with Crippen LogP contribution in [0.25, 0.3) is 11.4 Å². The van der Waals surface area contributed by atoms with E-state index in [2.05, 4.69) is 37.5 Å². The van der Waals surface area contributed by atoms with E-state index in [0.29, 0.717) is 5.92 Å². The molecule has 1 aromatic heterocycles. The first-order valence-corrected chi connectivity index (χ1v) is 6.72. The SMILES string of the molecule is C=C(C)[C@H]1Cc2nc(-c3ccccc3)nc(C)c2C1. The van der Waals surface area contributed by atoms with E-state index in [-0.39, 0.29) is 0 Å². The van der Waals surface area contributed by atoms with Crippen molar-refractivity contribution >= 4 is 0 Å². The maximum atomic E-state index is 4.76. The van der Waals surface area contributed by atoms with Crippen LogP contribution in [0, 0.1) is 12.8 Å². The molecule has 1 aromatic carbocycles. The summed E-state index contributed by atoms with van der Waals surface area (Å²) in [6, 6.07) is 10.2. The molecule has 0 N–H and O–H groups in total. The van der Waals surface area contributed by atoms with Crippen molar-refractivity contribution in [1.29, 1.82) is 0 Å². The molecule has 0 aliphatic heterocycles. The number of benzene rings is 1. The van der Waals surface area contributed by atoms with E-state index in [9.17, 15) is 0 Å². The van der Waals surface area contributed by atoms with Crippen LogP contribution in [-0.4, -0.2) is 9.97 Å². The van der Waals surface area contributed by atoms with E-state index in [0.717, 1.165) is 29.9 Å². The summed E-state index contributed by atoms with van der Waals surface area (Å²) in [5.41, 5.74) is 5.99. The molecule has 0 amide bonds. The average molecular weight is 250 g/mol. The van der Waals surface area contributed by atoms with Crippen molar-refractivity contribution in [3.63, 3.8) is 0 Å². The minimum atomic E-state index is 0.536. The molecule has 0 saturated heterocycles. The van der Waals surface area contributed by atoms with Crippen molar-refractivity contribution in [2.24, 2.45) is 5.92 Å². The topological polar surface area (TPSA) is 25.8 Å². The van der Waals surface area contributed by atoms with Crippen molar-refractivity contribution in [1.82, 2.24) is 9.97 Å². The number of fused-ring (bicyclic) bond motifs is 1. The van der Waals surface area contributed by atoms with Gasteiger partial charge in [0.2, 0.25) is 0 Å². The van der Waals surface area contributed by atoms with Gasteiger partial charge in [-0.2, -0.15) is 0 Å². The lowest BCUT2D eigenvalue weighted by Gasteiger charge is -2.06. The fourth-order valence-electron chi connectivity index (χ4n) is 2.71. The monoisotopic (exact) mass is 250 g/mol. The van der Waals surface area contributed by atoms with Crippen molar-refractivity contribution < 1.29 is 0 Å². The predicted molar refractivity (Wildman–Crippen MR) is 77.9 cm³/mol. The maximum Gasteiger partial charge on any atom is 0.159 e. The van der Waals surface area contributed by atoms with Crippen molar-refractivity contribution in [2.75, 3.05) is 0 Å². The van der Waals surface area contributed by atoms with E-state index in [4.69, 9.17) is 4.98 Å². The van der Waals surface area contributed by atoms with Gasteiger partial charge in [0.25, 0.3) is 0 Å². The number of hydrogen-bond acceptors (Lipinski definition) is 2. The molecule has 1 atom stereocenters. The lowest BCUT2D eigenvalue weighted by molar-refractivity contribution is 0.656. The van der Waals surface area contributed by atoms with Gasteiger partial charge in [0.15, 0.2) is 5.82 Å². The highest BCUT2D eigenvalue weighted by atomic mass is 14.9. The van der Waals surface area contributed by atoms with E-state index in [1.54, 1.807) is 0 Å². The van der Waals surface area contributed by atoms with E-state index in [1.165, 1.54) is 16.8 Å². The molecule has 0 saturated carbocycles. The Balaban J connectivity index is 2.03. The van der Waals surface area contributed by atoms with Crippen LogP contribution in [0.4, 0.5) is 0 Å². The summed E-state index contributed by atoms with van der Waals surface area (Å²) < 4.78 is 0. The maximum absolute atomic E-state index is 4.76. The van der Waals surface area contributed by atoms with Gasteiger partial charge in [0, 0.05) is 17.0 Å². The Hall–Kier alpha value is -1.96. The molecule has 3 rings (SSSR count). The molecule has 0 fully saturated rings. The third kappa shape index (κ3) is 2.19. The summed E-state index contributed by atoms with van der Waals surface area (Å²) >= 11 is 0. The molecule has 0 bridgehead atoms. The molecule has 1 aliphatic carbocycles. The van der Waals surface area contributed by atoms with Gasteiger partial charge in [-0.05, 0) is 38.2 Å². The highest BCUT2D eigenvalue weighted by Crippen LogP contribution is 2.32. The summed E-state index contributed by atoms with van der Waals surface area (Å²) in [7, 11) is 0. The smallest absolute Gasteiger partial charge is 0.159 e. The normalized spacial score (nSPS) is 17.3. The zero-order valence-electron chi connectivity index (χ0n) is 11.5. The molecule has 1 heterocycles. The van der Waals surface area contributed by atoms with E-state index < -0.39 is 0 Å². The van der Waals surface area contributed by atoms with Crippen LogP contribution in [0.15, 0.2) is 42.5 Å². The van der Waals surface area contributed by atoms with Crippen LogP contribution >= 0.6 is 0 Å². The van der Waals surface area contributed by atoms with Gasteiger partial charge < -0.3 is 0 Å². The van der Waals surface area contributed by atoms with Gasteiger partial charge in [0.1, 0.15) is 0 Å². The van der Waals surface area contributed by atoms with Crippen LogP contribution in [0.2, 0.25) is 0 Å². The number of nitrogens with zero attached hydrogens (tertiary/aromatic N) is 2. The molecule has 1 aliphatic rings. The molecular weight excluding hydrogens is 232 g/mol. The zero-order valence-corrected chi connectivity index (χ0v) is 11.5. The minimum absolute atomic E-state index is 0.536. The second kappa shape index (κ2) is 4.61. The Labute approximate surface area is 114 Å². The van der Waals surface area contributed by atoms with Crippen molar-refractivity contribution in [2.45, 2.75) is 26.7 Å². The number of aromatic nitrogens is 2. The third-order valence-corrected chi connectivity index (χ3v) is 3.92. The summed E-state index contributed by atoms with van der Waals surface area (Å²) in [6.07, 6.45) is 2.05. The number of hydrogen-bond donors (Lipinski definition) is 0. The fourth-order valence-corrected chi connectivity index (χ4v) is 2.71. The quantitative estimate of drug-likeness (QED) is 0.759. The Kier molecular flexibility index (Phi) is 2.94. The van der Waals surface area contributed by atoms with Crippen molar-refractivity contribution in [3.05, 3.63) is 59.4 Å². The summed E-state index contributed by atoms with van der Waals surface area (Å²) in [6.45, 7) is 8.28. The fraction of sp³-hybridized carbons (Fsp3) is 0.294. The molecule has 2 aromatic rings. The number of aryl methyl sites for hydroxylation is 1. The lowest BCUT2D eigenvalue weighted by Crippen LogP contribution is -1.99. The van der Waals surface area contributed by atoms with Gasteiger partial charge >= 0.3 is 0 Å². The van der Waals surface area contributed by atoms with Crippen LogP contribution in [-0.2, 0) is 12.8 Å². The first-order valence-electron chi connectivity index (χ1n) is 6.72. The molecule has 2 nitrogen and oxygen atoms in total.